The van der Waals surface area contributed by atoms with E-state index in [-0.39, 0.29) is 5.41 Å². The van der Waals surface area contributed by atoms with E-state index in [1.54, 1.807) is 11.1 Å². The van der Waals surface area contributed by atoms with Crippen LogP contribution in [-0.4, -0.2) is 0 Å². The summed E-state index contributed by atoms with van der Waals surface area (Å²) >= 11 is 0. The van der Waals surface area contributed by atoms with Crippen molar-refractivity contribution in [2.75, 3.05) is 4.90 Å². The van der Waals surface area contributed by atoms with E-state index in [1.807, 2.05) is 0 Å². The smallest absolute Gasteiger partial charge is 0.0540 e. The van der Waals surface area contributed by atoms with Crippen LogP contribution >= 0.6 is 0 Å². The number of fused-ring (bicyclic) bond motifs is 3. The van der Waals surface area contributed by atoms with Crippen LogP contribution in [-0.2, 0) is 5.41 Å². The highest BCUT2D eigenvalue weighted by atomic mass is 15.1. The van der Waals surface area contributed by atoms with E-state index in [1.165, 1.54) is 87.7 Å². The van der Waals surface area contributed by atoms with Crippen LogP contribution in [0.25, 0.3) is 55.6 Å². The molecule has 288 valence electrons. The van der Waals surface area contributed by atoms with Crippen molar-refractivity contribution in [1.82, 2.24) is 0 Å². The lowest BCUT2D eigenvalue weighted by Crippen LogP contribution is -2.62. The minimum absolute atomic E-state index is 0.215. The van der Waals surface area contributed by atoms with Crippen molar-refractivity contribution in [3.63, 3.8) is 0 Å². The number of rotatable bonds is 7. The van der Waals surface area contributed by atoms with Gasteiger partial charge < -0.3 is 4.90 Å². The van der Waals surface area contributed by atoms with Crippen LogP contribution in [0.2, 0.25) is 0 Å². The minimum Gasteiger partial charge on any atom is -0.310 e. The first-order valence-corrected chi connectivity index (χ1v) is 22.2. The highest BCUT2D eigenvalue weighted by Gasteiger charge is 2.78. The van der Waals surface area contributed by atoms with E-state index in [0.29, 0.717) is 5.41 Å². The van der Waals surface area contributed by atoms with Gasteiger partial charge in [0.15, 0.2) is 0 Å². The Bertz CT molecular complexity index is 2910. The summed E-state index contributed by atoms with van der Waals surface area (Å²) in [6.07, 6.45) is 7.30. The standard InChI is InChI=1S/C59H47N/c1-3-11-40(12-4-1)41-19-21-42(22-20-41)43-23-28-49(29-24-43)60(57-18-10-8-15-51(57)45-13-5-2-6-14-45)50-30-25-44(26-31-50)46-27-32-55-53(35-46)52-16-7-9-17-54(52)59(55)48-34-39-33-47-38-58(59,37-39)56(47)36-48/h1-32,35,39,47-48,56H,33-34,36-38H2. The van der Waals surface area contributed by atoms with Crippen LogP contribution in [0.3, 0.4) is 0 Å². The van der Waals surface area contributed by atoms with Crippen molar-refractivity contribution < 1.29 is 0 Å². The van der Waals surface area contributed by atoms with Gasteiger partial charge in [-0.3, -0.25) is 0 Å². The first-order valence-electron chi connectivity index (χ1n) is 22.2. The second-order valence-corrected chi connectivity index (χ2v) is 18.6. The average molecular weight is 770 g/mol. The summed E-state index contributed by atoms with van der Waals surface area (Å²) in [7, 11) is 0. The molecule has 8 aromatic rings. The van der Waals surface area contributed by atoms with Gasteiger partial charge in [-0.25, -0.2) is 0 Å². The lowest BCUT2D eigenvalue weighted by atomic mass is 9.36. The highest BCUT2D eigenvalue weighted by Crippen LogP contribution is 2.84. The molecule has 6 aliphatic rings. The van der Waals surface area contributed by atoms with Crippen LogP contribution in [0.15, 0.2) is 200 Å². The second-order valence-electron chi connectivity index (χ2n) is 18.6. The molecule has 1 nitrogen and oxygen atoms in total. The SMILES string of the molecule is c1ccc(-c2ccc(-c3ccc(N(c4ccc(-c5ccc6c(c5)-c5ccccc5C65C6CC7CC8CC5(C7)C8C6)cc4)c4ccccc4-c4ccccc4)cc3)cc2)cc1. The summed E-state index contributed by atoms with van der Waals surface area (Å²) in [5.74, 6) is 3.67. The average Bonchev–Trinajstić information content (AvgIpc) is 3.61. The fourth-order valence-corrected chi connectivity index (χ4v) is 13.9. The molecule has 0 N–H and O–H groups in total. The molecule has 5 saturated carbocycles. The van der Waals surface area contributed by atoms with Gasteiger partial charge in [-0.2, -0.15) is 0 Å². The Kier molecular flexibility index (Phi) is 7.48. The molecule has 14 rings (SSSR count). The molecule has 0 heterocycles. The molecule has 6 unspecified atom stereocenters. The summed E-state index contributed by atoms with van der Waals surface area (Å²) < 4.78 is 0. The molecule has 0 aliphatic heterocycles. The Balaban J connectivity index is 0.874. The highest BCUT2D eigenvalue weighted by molar-refractivity contribution is 5.90. The molecular weight excluding hydrogens is 723 g/mol. The molecule has 5 fully saturated rings. The molecule has 2 spiro atoms. The largest absolute Gasteiger partial charge is 0.310 e. The van der Waals surface area contributed by atoms with Gasteiger partial charge in [0.1, 0.15) is 0 Å². The maximum absolute atomic E-state index is 2.57. The van der Waals surface area contributed by atoms with Crippen molar-refractivity contribution in [2.45, 2.75) is 37.5 Å². The van der Waals surface area contributed by atoms with Crippen LogP contribution in [0, 0.1) is 29.1 Å². The van der Waals surface area contributed by atoms with E-state index in [2.05, 4.69) is 205 Å². The third kappa shape index (κ3) is 4.81. The van der Waals surface area contributed by atoms with Crippen molar-refractivity contribution >= 4 is 17.1 Å². The van der Waals surface area contributed by atoms with E-state index in [4.69, 9.17) is 0 Å². The van der Waals surface area contributed by atoms with Gasteiger partial charge in [-0.15, -0.1) is 0 Å². The molecule has 4 bridgehead atoms. The minimum atomic E-state index is 0.215. The lowest BCUT2D eigenvalue weighted by molar-refractivity contribution is -0.140. The van der Waals surface area contributed by atoms with E-state index >= 15 is 0 Å². The summed E-state index contributed by atoms with van der Waals surface area (Å²) in [6, 6.07) is 74.7. The third-order valence-corrected chi connectivity index (χ3v) is 16.0. The van der Waals surface area contributed by atoms with E-state index < -0.39 is 0 Å². The first-order chi connectivity index (χ1) is 29.7. The van der Waals surface area contributed by atoms with Crippen LogP contribution < -0.4 is 4.90 Å². The molecule has 8 aromatic carbocycles. The van der Waals surface area contributed by atoms with Crippen molar-refractivity contribution in [3.05, 3.63) is 211 Å². The zero-order valence-corrected chi connectivity index (χ0v) is 33.8. The molecular formula is C59H47N. The van der Waals surface area contributed by atoms with E-state index in [9.17, 15) is 0 Å². The summed E-state index contributed by atoms with van der Waals surface area (Å²) in [6.45, 7) is 0. The van der Waals surface area contributed by atoms with Crippen molar-refractivity contribution in [2.24, 2.45) is 29.1 Å². The molecule has 60 heavy (non-hydrogen) atoms. The molecule has 0 radical (unpaired) electrons. The summed E-state index contributed by atoms with van der Waals surface area (Å²) in [5, 5.41) is 0. The van der Waals surface area contributed by atoms with Gasteiger partial charge in [0.2, 0.25) is 0 Å². The zero-order valence-electron chi connectivity index (χ0n) is 33.8. The van der Waals surface area contributed by atoms with Crippen LogP contribution in [0.1, 0.15) is 43.2 Å². The normalized spacial score (nSPS) is 24.8. The topological polar surface area (TPSA) is 3.24 Å². The van der Waals surface area contributed by atoms with Crippen LogP contribution in [0.4, 0.5) is 17.1 Å². The molecule has 0 amide bonds. The zero-order chi connectivity index (χ0) is 39.4. The van der Waals surface area contributed by atoms with Gasteiger partial charge in [-0.1, -0.05) is 164 Å². The van der Waals surface area contributed by atoms with Gasteiger partial charge in [-0.05, 0) is 159 Å². The molecule has 1 heteroatoms. The predicted molar refractivity (Wildman–Crippen MR) is 249 cm³/mol. The fraction of sp³-hybridized carbons (Fsp3) is 0.186. The van der Waals surface area contributed by atoms with Crippen molar-refractivity contribution in [1.29, 1.82) is 0 Å². The number of hydrogen-bond donors (Lipinski definition) is 0. The summed E-state index contributed by atoms with van der Waals surface area (Å²) in [4.78, 5) is 2.43. The first kappa shape index (κ1) is 34.4. The number of hydrogen-bond acceptors (Lipinski definition) is 1. The number of nitrogens with zero attached hydrogens (tertiary/aromatic N) is 1. The van der Waals surface area contributed by atoms with E-state index in [0.717, 1.165) is 40.7 Å². The summed E-state index contributed by atoms with van der Waals surface area (Å²) in [5.41, 5.74) is 20.3. The maximum atomic E-state index is 2.57. The molecule has 0 aromatic heterocycles. The Morgan fingerprint density at radius 2 is 0.900 bits per heavy atom. The molecule has 6 atom stereocenters. The number of anilines is 3. The van der Waals surface area contributed by atoms with Gasteiger partial charge in [0, 0.05) is 22.4 Å². The number of para-hydroxylation sites is 1. The monoisotopic (exact) mass is 769 g/mol. The lowest BCUT2D eigenvalue weighted by Gasteiger charge is -2.67. The van der Waals surface area contributed by atoms with Gasteiger partial charge in [0.05, 0.1) is 5.69 Å². The fourth-order valence-electron chi connectivity index (χ4n) is 13.9. The predicted octanol–water partition coefficient (Wildman–Crippen LogP) is 15.5. The van der Waals surface area contributed by atoms with Gasteiger partial charge in [0.25, 0.3) is 0 Å². The van der Waals surface area contributed by atoms with Crippen molar-refractivity contribution in [3.8, 4) is 55.6 Å². The Hall–Kier alpha value is -6.44. The van der Waals surface area contributed by atoms with Gasteiger partial charge >= 0.3 is 0 Å². The Labute approximate surface area is 354 Å². The molecule has 0 saturated heterocycles. The number of benzene rings is 8. The Morgan fingerprint density at radius 1 is 0.383 bits per heavy atom. The second kappa shape index (κ2) is 13.0. The third-order valence-electron chi connectivity index (χ3n) is 16.0. The Morgan fingerprint density at radius 3 is 1.58 bits per heavy atom. The maximum Gasteiger partial charge on any atom is 0.0540 e. The molecule has 6 aliphatic carbocycles. The quantitative estimate of drug-likeness (QED) is 0.156. The van der Waals surface area contributed by atoms with Crippen LogP contribution in [0.5, 0.6) is 0 Å².